The molecule has 3 N–H and O–H groups in total. The number of rotatable bonds is 4. The molecule has 100 valence electrons. The number of aryl methyl sites for hydroxylation is 1. The highest BCUT2D eigenvalue weighted by molar-refractivity contribution is 7.11. The number of methoxy groups -OCH3 is 1. The van der Waals surface area contributed by atoms with Crippen LogP contribution in [0.4, 0.5) is 11.5 Å². The summed E-state index contributed by atoms with van der Waals surface area (Å²) in [5.74, 6) is 0.0792. The molecular weight excluding hydrogens is 264 g/mol. The third-order valence-corrected chi connectivity index (χ3v) is 3.34. The van der Waals surface area contributed by atoms with Crippen LogP contribution in [0.1, 0.15) is 20.2 Å². The van der Waals surface area contributed by atoms with E-state index < -0.39 is 5.97 Å². The van der Waals surface area contributed by atoms with Crippen molar-refractivity contribution in [2.24, 2.45) is 0 Å². The topological polar surface area (TPSA) is 90.1 Å². The normalized spacial score (nSPS) is 10.2. The van der Waals surface area contributed by atoms with Crippen LogP contribution in [0.3, 0.4) is 0 Å². The van der Waals surface area contributed by atoms with Gasteiger partial charge in [-0.3, -0.25) is 0 Å². The fraction of sp³-hybridized carbons (Fsp3) is 0.250. The summed E-state index contributed by atoms with van der Waals surface area (Å²) in [7, 11) is 1.31. The van der Waals surface area contributed by atoms with E-state index in [4.69, 9.17) is 5.73 Å². The molecule has 0 saturated heterocycles. The number of ether oxygens (including phenoxy) is 1. The number of hydrogen-bond donors (Lipinski definition) is 2. The van der Waals surface area contributed by atoms with Crippen LogP contribution in [0.25, 0.3) is 0 Å². The third-order valence-electron chi connectivity index (χ3n) is 2.43. The Morgan fingerprint density at radius 1 is 1.47 bits per heavy atom. The van der Waals surface area contributed by atoms with Gasteiger partial charge in [-0.15, -0.1) is 11.3 Å². The minimum Gasteiger partial charge on any atom is -0.465 e. The maximum Gasteiger partial charge on any atom is 0.340 e. The standard InChI is InChI=1S/C12H14N4O2S/c1-7-4-16-11(19-7)6-15-10-3-8(12(17)18-2)9(13)5-14-10/h3-5H,6,13H2,1-2H3,(H,14,15). The number of carbonyl (C=O) groups is 1. The van der Waals surface area contributed by atoms with Crippen LogP contribution >= 0.6 is 11.3 Å². The minimum absolute atomic E-state index is 0.294. The zero-order valence-corrected chi connectivity index (χ0v) is 11.5. The number of hydrogen-bond acceptors (Lipinski definition) is 7. The molecule has 0 aliphatic heterocycles. The van der Waals surface area contributed by atoms with Gasteiger partial charge < -0.3 is 15.8 Å². The Kier molecular flexibility index (Phi) is 3.96. The van der Waals surface area contributed by atoms with Crippen molar-refractivity contribution in [3.05, 3.63) is 33.9 Å². The highest BCUT2D eigenvalue weighted by atomic mass is 32.1. The predicted octanol–water partition coefficient (Wildman–Crippen LogP) is 1.83. The summed E-state index contributed by atoms with van der Waals surface area (Å²) in [4.78, 5) is 21.0. The molecule has 2 aromatic heterocycles. The number of pyridine rings is 1. The Morgan fingerprint density at radius 2 is 2.26 bits per heavy atom. The molecule has 0 unspecified atom stereocenters. The molecule has 0 fully saturated rings. The molecule has 2 aromatic rings. The second kappa shape index (κ2) is 5.66. The number of nitrogen functional groups attached to an aromatic ring is 1. The minimum atomic E-state index is -0.479. The Labute approximate surface area is 114 Å². The summed E-state index contributed by atoms with van der Waals surface area (Å²) in [6.45, 7) is 2.55. The Bertz CT molecular complexity index is 597. The van der Waals surface area contributed by atoms with Crippen LogP contribution in [0.2, 0.25) is 0 Å². The number of thiazole rings is 1. The third kappa shape index (κ3) is 3.19. The fourth-order valence-corrected chi connectivity index (χ4v) is 2.23. The number of carbonyl (C=O) groups excluding carboxylic acids is 1. The second-order valence-electron chi connectivity index (χ2n) is 3.87. The number of nitrogens with two attached hydrogens (primary N) is 1. The van der Waals surface area contributed by atoms with Gasteiger partial charge in [-0.05, 0) is 13.0 Å². The molecule has 2 rings (SSSR count). The van der Waals surface area contributed by atoms with Gasteiger partial charge in [0.05, 0.1) is 31.1 Å². The lowest BCUT2D eigenvalue weighted by Gasteiger charge is -2.07. The first kappa shape index (κ1) is 13.3. The van der Waals surface area contributed by atoms with E-state index in [1.807, 2.05) is 13.1 Å². The molecule has 0 radical (unpaired) electrons. The lowest BCUT2D eigenvalue weighted by atomic mass is 10.2. The summed E-state index contributed by atoms with van der Waals surface area (Å²) < 4.78 is 4.65. The van der Waals surface area contributed by atoms with Crippen molar-refractivity contribution in [3.63, 3.8) is 0 Å². The van der Waals surface area contributed by atoms with Gasteiger partial charge in [-0.25, -0.2) is 14.8 Å². The van der Waals surface area contributed by atoms with Gasteiger partial charge in [0.2, 0.25) is 0 Å². The molecule has 7 heteroatoms. The van der Waals surface area contributed by atoms with Crippen LogP contribution in [0.15, 0.2) is 18.5 Å². The number of aromatic nitrogens is 2. The maximum atomic E-state index is 11.5. The van der Waals surface area contributed by atoms with E-state index in [1.54, 1.807) is 17.4 Å². The average Bonchev–Trinajstić information content (AvgIpc) is 2.83. The van der Waals surface area contributed by atoms with Crippen LogP contribution < -0.4 is 11.1 Å². The van der Waals surface area contributed by atoms with Crippen molar-refractivity contribution in [2.45, 2.75) is 13.5 Å². The molecule has 0 aliphatic carbocycles. The van der Waals surface area contributed by atoms with E-state index in [0.717, 1.165) is 9.88 Å². The smallest absolute Gasteiger partial charge is 0.340 e. The number of anilines is 2. The van der Waals surface area contributed by atoms with Gasteiger partial charge in [0, 0.05) is 11.1 Å². The average molecular weight is 278 g/mol. The van der Waals surface area contributed by atoms with Gasteiger partial charge in [0.25, 0.3) is 0 Å². The van der Waals surface area contributed by atoms with Gasteiger partial charge >= 0.3 is 5.97 Å². The number of nitrogens with one attached hydrogen (secondary N) is 1. The molecule has 0 amide bonds. The van der Waals surface area contributed by atoms with E-state index in [0.29, 0.717) is 23.6 Å². The molecule has 0 spiro atoms. The first-order chi connectivity index (χ1) is 9.10. The molecule has 0 aliphatic rings. The monoisotopic (exact) mass is 278 g/mol. The van der Waals surface area contributed by atoms with Crippen LogP contribution in [0, 0.1) is 6.92 Å². The number of nitrogens with zero attached hydrogens (tertiary/aromatic N) is 2. The molecule has 0 bridgehead atoms. The molecule has 19 heavy (non-hydrogen) atoms. The van der Waals surface area contributed by atoms with Crippen molar-refractivity contribution in [1.29, 1.82) is 0 Å². The first-order valence-corrected chi connectivity index (χ1v) is 6.41. The lowest BCUT2D eigenvalue weighted by molar-refractivity contribution is 0.0602. The molecule has 6 nitrogen and oxygen atoms in total. The van der Waals surface area contributed by atoms with Crippen LogP contribution in [-0.4, -0.2) is 23.0 Å². The zero-order valence-electron chi connectivity index (χ0n) is 10.6. The maximum absolute atomic E-state index is 11.5. The molecule has 0 saturated carbocycles. The van der Waals surface area contributed by atoms with Gasteiger partial charge in [0.15, 0.2) is 0 Å². The Hall–Kier alpha value is -2.15. The van der Waals surface area contributed by atoms with Crippen molar-refractivity contribution < 1.29 is 9.53 Å². The summed E-state index contributed by atoms with van der Waals surface area (Å²) in [5, 5.41) is 4.05. The van der Waals surface area contributed by atoms with Crippen LogP contribution in [0.5, 0.6) is 0 Å². The summed E-state index contributed by atoms with van der Waals surface area (Å²) in [5.41, 5.74) is 6.27. The quantitative estimate of drug-likeness (QED) is 0.829. The summed E-state index contributed by atoms with van der Waals surface area (Å²) in [6.07, 6.45) is 3.25. The summed E-state index contributed by atoms with van der Waals surface area (Å²) >= 11 is 1.61. The van der Waals surface area contributed by atoms with Gasteiger partial charge in [-0.2, -0.15) is 0 Å². The van der Waals surface area contributed by atoms with Crippen molar-refractivity contribution in [1.82, 2.24) is 9.97 Å². The van der Waals surface area contributed by atoms with E-state index in [1.165, 1.54) is 13.3 Å². The Balaban J connectivity index is 2.10. The molecule has 2 heterocycles. The van der Waals surface area contributed by atoms with Gasteiger partial charge in [0.1, 0.15) is 10.8 Å². The zero-order chi connectivity index (χ0) is 13.8. The fourth-order valence-electron chi connectivity index (χ4n) is 1.50. The molecular formula is C12H14N4O2S. The number of esters is 1. The lowest BCUT2D eigenvalue weighted by Crippen LogP contribution is -2.08. The Morgan fingerprint density at radius 3 is 2.89 bits per heavy atom. The van der Waals surface area contributed by atoms with Crippen molar-refractivity contribution in [2.75, 3.05) is 18.2 Å². The molecule has 0 atom stereocenters. The largest absolute Gasteiger partial charge is 0.465 e. The molecule has 0 aromatic carbocycles. The highest BCUT2D eigenvalue weighted by Crippen LogP contribution is 2.17. The predicted molar refractivity (Wildman–Crippen MR) is 74.2 cm³/mol. The van der Waals surface area contributed by atoms with E-state index >= 15 is 0 Å². The van der Waals surface area contributed by atoms with E-state index in [-0.39, 0.29) is 0 Å². The van der Waals surface area contributed by atoms with E-state index in [9.17, 15) is 4.79 Å². The van der Waals surface area contributed by atoms with Gasteiger partial charge in [-0.1, -0.05) is 0 Å². The SMILES string of the molecule is COC(=O)c1cc(NCc2ncc(C)s2)ncc1N. The van der Waals surface area contributed by atoms with Crippen molar-refractivity contribution >= 4 is 28.8 Å². The van der Waals surface area contributed by atoms with Crippen LogP contribution in [-0.2, 0) is 11.3 Å². The highest BCUT2D eigenvalue weighted by Gasteiger charge is 2.11. The first-order valence-electron chi connectivity index (χ1n) is 5.59. The second-order valence-corrected chi connectivity index (χ2v) is 5.19. The van der Waals surface area contributed by atoms with Crippen molar-refractivity contribution in [3.8, 4) is 0 Å². The summed E-state index contributed by atoms with van der Waals surface area (Å²) in [6, 6.07) is 1.57. The van der Waals surface area contributed by atoms with E-state index in [2.05, 4.69) is 20.0 Å².